The summed E-state index contributed by atoms with van der Waals surface area (Å²) in [5.41, 5.74) is 8.67. The Morgan fingerprint density at radius 1 is 1.15 bits per heavy atom. The number of hydrogen-bond acceptors (Lipinski definition) is 1. The Hall–Kier alpha value is -1.63. The van der Waals surface area contributed by atoms with Crippen molar-refractivity contribution in [2.75, 3.05) is 0 Å². The van der Waals surface area contributed by atoms with Crippen LogP contribution in [-0.4, -0.2) is 4.98 Å². The minimum atomic E-state index is 0.580. The van der Waals surface area contributed by atoms with Crippen molar-refractivity contribution in [1.82, 2.24) is 4.98 Å². The first-order chi connectivity index (χ1) is 9.70. The highest BCUT2D eigenvalue weighted by Gasteiger charge is 2.20. The zero-order chi connectivity index (χ0) is 14.1. The van der Waals surface area contributed by atoms with Crippen LogP contribution in [-0.2, 0) is 19.3 Å². The van der Waals surface area contributed by atoms with Crippen LogP contribution >= 0.6 is 0 Å². The molecule has 0 amide bonds. The van der Waals surface area contributed by atoms with Crippen molar-refractivity contribution in [3.8, 4) is 11.1 Å². The molecule has 1 heteroatoms. The molecule has 0 spiro atoms. The van der Waals surface area contributed by atoms with Gasteiger partial charge in [0.2, 0.25) is 0 Å². The molecule has 20 heavy (non-hydrogen) atoms. The number of hydrogen-bond donors (Lipinski definition) is 0. The Balaban J connectivity index is 2.18. The van der Waals surface area contributed by atoms with Crippen molar-refractivity contribution in [3.05, 3.63) is 52.8 Å². The van der Waals surface area contributed by atoms with E-state index < -0.39 is 0 Å². The first-order valence-corrected chi connectivity index (χ1v) is 7.80. The van der Waals surface area contributed by atoms with Gasteiger partial charge in [-0.05, 0) is 71.6 Å². The molecule has 0 unspecified atom stereocenters. The molecule has 0 atom stereocenters. The van der Waals surface area contributed by atoms with E-state index in [-0.39, 0.29) is 0 Å². The fraction of sp³-hybridized carbons (Fsp3) is 0.421. The van der Waals surface area contributed by atoms with Crippen LogP contribution in [0, 0.1) is 0 Å². The van der Waals surface area contributed by atoms with Gasteiger partial charge in [0.05, 0.1) is 0 Å². The topological polar surface area (TPSA) is 12.9 Å². The molecule has 2 aromatic rings. The second-order valence-electron chi connectivity index (χ2n) is 6.06. The van der Waals surface area contributed by atoms with Gasteiger partial charge >= 0.3 is 0 Å². The monoisotopic (exact) mass is 265 g/mol. The Morgan fingerprint density at radius 3 is 2.75 bits per heavy atom. The molecule has 0 radical (unpaired) electrons. The first-order valence-electron chi connectivity index (χ1n) is 7.80. The molecule has 0 saturated carbocycles. The van der Waals surface area contributed by atoms with Crippen molar-refractivity contribution in [2.24, 2.45) is 0 Å². The van der Waals surface area contributed by atoms with Gasteiger partial charge < -0.3 is 0 Å². The molecule has 0 saturated heterocycles. The van der Waals surface area contributed by atoms with E-state index in [1.54, 1.807) is 16.7 Å². The van der Waals surface area contributed by atoms with Crippen molar-refractivity contribution < 1.29 is 0 Å². The Bertz CT molecular complexity index is 626. The Morgan fingerprint density at radius 2 is 2.00 bits per heavy atom. The second kappa shape index (κ2) is 5.40. The molecular formula is C19H23N. The van der Waals surface area contributed by atoms with E-state index >= 15 is 0 Å². The van der Waals surface area contributed by atoms with Gasteiger partial charge in [-0.25, -0.2) is 0 Å². The molecule has 0 N–H and O–H groups in total. The van der Waals surface area contributed by atoms with Crippen LogP contribution in [0.5, 0.6) is 0 Å². The highest BCUT2D eigenvalue weighted by atomic mass is 14.7. The van der Waals surface area contributed by atoms with Crippen LogP contribution in [0.3, 0.4) is 0 Å². The van der Waals surface area contributed by atoms with Crippen LogP contribution in [0.15, 0.2) is 30.5 Å². The van der Waals surface area contributed by atoms with Crippen LogP contribution in [0.4, 0.5) is 0 Å². The van der Waals surface area contributed by atoms with Crippen LogP contribution < -0.4 is 0 Å². The maximum Gasteiger partial charge on any atom is 0.0407 e. The maximum atomic E-state index is 4.43. The van der Waals surface area contributed by atoms with Gasteiger partial charge in [0.25, 0.3) is 0 Å². The summed E-state index contributed by atoms with van der Waals surface area (Å²) >= 11 is 0. The zero-order valence-electron chi connectivity index (χ0n) is 12.7. The molecule has 0 bridgehead atoms. The molecule has 0 fully saturated rings. The molecule has 1 aliphatic rings. The third kappa shape index (κ3) is 2.26. The van der Waals surface area contributed by atoms with Gasteiger partial charge in [0.1, 0.15) is 0 Å². The summed E-state index contributed by atoms with van der Waals surface area (Å²) in [5.74, 6) is 0.580. The molecule has 1 aromatic carbocycles. The molecule has 1 aliphatic carbocycles. The van der Waals surface area contributed by atoms with Gasteiger partial charge in [-0.3, -0.25) is 4.98 Å². The molecule has 104 valence electrons. The van der Waals surface area contributed by atoms with Crippen molar-refractivity contribution in [2.45, 2.75) is 52.4 Å². The number of rotatable bonds is 3. The van der Waals surface area contributed by atoms with E-state index in [0.29, 0.717) is 5.92 Å². The number of fused-ring (bicyclic) bond motifs is 1. The summed E-state index contributed by atoms with van der Waals surface area (Å²) in [6.45, 7) is 6.80. The standard InChI is InChI=1S/C19H23N/c1-4-16-12-15(10-11-20-16)18-9-8-14-6-5-7-17(14)19(18)13(2)3/h8-13H,4-7H2,1-3H3. The summed E-state index contributed by atoms with van der Waals surface area (Å²) < 4.78 is 0. The van der Waals surface area contributed by atoms with Gasteiger partial charge in [0, 0.05) is 11.9 Å². The molecular weight excluding hydrogens is 242 g/mol. The fourth-order valence-electron chi connectivity index (χ4n) is 3.45. The van der Waals surface area contributed by atoms with E-state index in [4.69, 9.17) is 0 Å². The third-order valence-corrected chi connectivity index (χ3v) is 4.39. The summed E-state index contributed by atoms with van der Waals surface area (Å²) in [4.78, 5) is 4.43. The number of pyridine rings is 1. The van der Waals surface area contributed by atoms with E-state index in [1.165, 1.54) is 36.1 Å². The van der Waals surface area contributed by atoms with Crippen molar-refractivity contribution >= 4 is 0 Å². The smallest absolute Gasteiger partial charge is 0.0407 e. The van der Waals surface area contributed by atoms with E-state index in [0.717, 1.165) is 6.42 Å². The number of nitrogens with zero attached hydrogens (tertiary/aromatic N) is 1. The predicted molar refractivity (Wildman–Crippen MR) is 85.2 cm³/mol. The quantitative estimate of drug-likeness (QED) is 0.767. The van der Waals surface area contributed by atoms with E-state index in [9.17, 15) is 0 Å². The second-order valence-corrected chi connectivity index (χ2v) is 6.06. The normalized spacial score (nSPS) is 13.8. The maximum absolute atomic E-state index is 4.43. The molecule has 3 rings (SSSR count). The summed E-state index contributed by atoms with van der Waals surface area (Å²) in [6.07, 6.45) is 6.77. The SMILES string of the molecule is CCc1cc(-c2ccc3c(c2C(C)C)CCC3)ccn1. The van der Waals surface area contributed by atoms with Crippen molar-refractivity contribution in [1.29, 1.82) is 0 Å². The Labute approximate surface area is 122 Å². The van der Waals surface area contributed by atoms with Gasteiger partial charge in [-0.1, -0.05) is 32.9 Å². The predicted octanol–water partition coefficient (Wildman–Crippen LogP) is 4.92. The summed E-state index contributed by atoms with van der Waals surface area (Å²) in [5, 5.41) is 0. The van der Waals surface area contributed by atoms with E-state index in [1.807, 2.05) is 6.20 Å². The first kappa shape index (κ1) is 13.4. The zero-order valence-corrected chi connectivity index (χ0v) is 12.7. The number of aryl methyl sites for hydroxylation is 2. The number of benzene rings is 1. The Kier molecular flexibility index (Phi) is 3.60. The summed E-state index contributed by atoms with van der Waals surface area (Å²) in [6, 6.07) is 9.08. The minimum Gasteiger partial charge on any atom is -0.261 e. The van der Waals surface area contributed by atoms with Gasteiger partial charge in [-0.2, -0.15) is 0 Å². The lowest BCUT2D eigenvalue weighted by atomic mass is 9.87. The van der Waals surface area contributed by atoms with Crippen LogP contribution in [0.1, 0.15) is 55.5 Å². The fourth-order valence-corrected chi connectivity index (χ4v) is 3.45. The largest absolute Gasteiger partial charge is 0.261 e. The lowest BCUT2D eigenvalue weighted by Gasteiger charge is -2.18. The van der Waals surface area contributed by atoms with E-state index in [2.05, 4.69) is 50.0 Å². The molecule has 1 nitrogen and oxygen atoms in total. The number of aromatic nitrogens is 1. The van der Waals surface area contributed by atoms with Crippen LogP contribution in [0.25, 0.3) is 11.1 Å². The van der Waals surface area contributed by atoms with Gasteiger partial charge in [0.15, 0.2) is 0 Å². The van der Waals surface area contributed by atoms with Crippen LogP contribution in [0.2, 0.25) is 0 Å². The molecule has 1 aromatic heterocycles. The molecule has 1 heterocycles. The highest BCUT2D eigenvalue weighted by molar-refractivity contribution is 5.71. The van der Waals surface area contributed by atoms with Gasteiger partial charge in [-0.15, -0.1) is 0 Å². The molecule has 0 aliphatic heterocycles. The lowest BCUT2D eigenvalue weighted by Crippen LogP contribution is -2.00. The lowest BCUT2D eigenvalue weighted by molar-refractivity contribution is 0.840. The average Bonchev–Trinajstić information content (AvgIpc) is 2.94. The highest BCUT2D eigenvalue weighted by Crippen LogP contribution is 2.37. The summed E-state index contributed by atoms with van der Waals surface area (Å²) in [7, 11) is 0. The van der Waals surface area contributed by atoms with Crippen molar-refractivity contribution in [3.63, 3.8) is 0 Å². The average molecular weight is 265 g/mol. The minimum absolute atomic E-state index is 0.580. The third-order valence-electron chi connectivity index (χ3n) is 4.39.